The molecule has 1 N–H and O–H groups in total. The molecule has 0 fully saturated rings. The standard InChI is InChI=1S/C14H17N3/c1-17-14(11-5-3-2-4-6-11)12-7-9-15-10-8-13(12)16-17/h2-6,15H,7-10H2,1H3. The molecular weight excluding hydrogens is 210 g/mol. The number of benzene rings is 1. The van der Waals surface area contributed by atoms with Gasteiger partial charge in [0.05, 0.1) is 11.4 Å². The van der Waals surface area contributed by atoms with Gasteiger partial charge in [-0.05, 0) is 13.0 Å². The van der Waals surface area contributed by atoms with Crippen molar-refractivity contribution in [1.82, 2.24) is 15.1 Å². The van der Waals surface area contributed by atoms with Crippen LogP contribution in [0.5, 0.6) is 0 Å². The van der Waals surface area contributed by atoms with Gasteiger partial charge in [-0.2, -0.15) is 5.10 Å². The zero-order valence-electron chi connectivity index (χ0n) is 10.1. The predicted molar refractivity (Wildman–Crippen MR) is 68.9 cm³/mol. The van der Waals surface area contributed by atoms with Crippen molar-refractivity contribution in [3.8, 4) is 11.3 Å². The Morgan fingerprint density at radius 2 is 1.88 bits per heavy atom. The summed E-state index contributed by atoms with van der Waals surface area (Å²) in [5.74, 6) is 0. The average molecular weight is 227 g/mol. The third-order valence-corrected chi connectivity index (χ3v) is 3.37. The minimum atomic E-state index is 1.04. The molecule has 3 nitrogen and oxygen atoms in total. The Bertz CT molecular complexity index is 514. The number of nitrogens with one attached hydrogen (secondary N) is 1. The zero-order valence-corrected chi connectivity index (χ0v) is 10.1. The molecule has 1 aromatic heterocycles. The average Bonchev–Trinajstić information content (AvgIpc) is 2.52. The van der Waals surface area contributed by atoms with Gasteiger partial charge in [-0.1, -0.05) is 30.3 Å². The van der Waals surface area contributed by atoms with Crippen LogP contribution in [0.25, 0.3) is 11.3 Å². The first-order valence-corrected chi connectivity index (χ1v) is 6.17. The number of aryl methyl sites for hydroxylation is 1. The summed E-state index contributed by atoms with van der Waals surface area (Å²) in [7, 11) is 2.05. The molecule has 0 saturated heterocycles. The number of hydrogen-bond donors (Lipinski definition) is 1. The Morgan fingerprint density at radius 3 is 2.71 bits per heavy atom. The fraction of sp³-hybridized carbons (Fsp3) is 0.357. The van der Waals surface area contributed by atoms with Crippen LogP contribution >= 0.6 is 0 Å². The highest BCUT2D eigenvalue weighted by Crippen LogP contribution is 2.27. The van der Waals surface area contributed by atoms with Crippen LogP contribution in [-0.4, -0.2) is 22.9 Å². The van der Waals surface area contributed by atoms with E-state index in [2.05, 4.69) is 40.7 Å². The largest absolute Gasteiger partial charge is 0.316 e. The molecular formula is C14H17N3. The first-order valence-electron chi connectivity index (χ1n) is 6.17. The summed E-state index contributed by atoms with van der Waals surface area (Å²) in [6, 6.07) is 10.6. The molecule has 1 aliphatic rings. The van der Waals surface area contributed by atoms with Gasteiger partial charge in [0.25, 0.3) is 0 Å². The fourth-order valence-corrected chi connectivity index (χ4v) is 2.59. The molecule has 0 spiro atoms. The Hall–Kier alpha value is -1.61. The van der Waals surface area contributed by atoms with Crippen LogP contribution in [0.4, 0.5) is 0 Å². The molecule has 2 heterocycles. The van der Waals surface area contributed by atoms with E-state index in [0.29, 0.717) is 0 Å². The summed E-state index contributed by atoms with van der Waals surface area (Å²) in [5.41, 5.74) is 5.23. The predicted octanol–water partition coefficient (Wildman–Crippen LogP) is 1.78. The second-order valence-corrected chi connectivity index (χ2v) is 4.51. The second-order valence-electron chi connectivity index (χ2n) is 4.51. The van der Waals surface area contributed by atoms with Crippen LogP contribution in [0.15, 0.2) is 30.3 Å². The fourth-order valence-electron chi connectivity index (χ4n) is 2.59. The summed E-state index contributed by atoms with van der Waals surface area (Å²) < 4.78 is 2.03. The van der Waals surface area contributed by atoms with Gasteiger partial charge in [-0.25, -0.2) is 0 Å². The van der Waals surface area contributed by atoms with Gasteiger partial charge in [0.15, 0.2) is 0 Å². The van der Waals surface area contributed by atoms with Crippen molar-refractivity contribution in [3.63, 3.8) is 0 Å². The smallest absolute Gasteiger partial charge is 0.0714 e. The molecule has 0 radical (unpaired) electrons. The van der Waals surface area contributed by atoms with Crippen LogP contribution in [-0.2, 0) is 19.9 Å². The van der Waals surface area contributed by atoms with E-state index in [9.17, 15) is 0 Å². The highest BCUT2D eigenvalue weighted by atomic mass is 15.3. The highest BCUT2D eigenvalue weighted by Gasteiger charge is 2.18. The van der Waals surface area contributed by atoms with Crippen LogP contribution in [0.3, 0.4) is 0 Å². The van der Waals surface area contributed by atoms with Gasteiger partial charge in [0.2, 0.25) is 0 Å². The first-order chi connectivity index (χ1) is 8.36. The minimum absolute atomic E-state index is 1.04. The molecule has 0 saturated carbocycles. The minimum Gasteiger partial charge on any atom is -0.316 e. The first kappa shape index (κ1) is 10.5. The van der Waals surface area contributed by atoms with Crippen LogP contribution < -0.4 is 5.32 Å². The van der Waals surface area contributed by atoms with E-state index >= 15 is 0 Å². The monoisotopic (exact) mass is 227 g/mol. The Morgan fingerprint density at radius 1 is 1.12 bits per heavy atom. The molecule has 1 aliphatic heterocycles. The van der Waals surface area contributed by atoms with Crippen molar-refractivity contribution in [2.75, 3.05) is 13.1 Å². The van der Waals surface area contributed by atoms with Crippen molar-refractivity contribution >= 4 is 0 Å². The van der Waals surface area contributed by atoms with Gasteiger partial charge in [-0.3, -0.25) is 4.68 Å². The maximum Gasteiger partial charge on any atom is 0.0714 e. The van der Waals surface area contributed by atoms with Gasteiger partial charge in [-0.15, -0.1) is 0 Å². The van der Waals surface area contributed by atoms with E-state index in [1.54, 1.807) is 0 Å². The summed E-state index contributed by atoms with van der Waals surface area (Å²) in [5, 5.41) is 8.09. The third-order valence-electron chi connectivity index (χ3n) is 3.37. The van der Waals surface area contributed by atoms with Crippen molar-refractivity contribution in [3.05, 3.63) is 41.6 Å². The van der Waals surface area contributed by atoms with E-state index in [1.165, 1.54) is 22.5 Å². The van der Waals surface area contributed by atoms with Gasteiger partial charge in [0, 0.05) is 31.1 Å². The topological polar surface area (TPSA) is 29.9 Å². The lowest BCUT2D eigenvalue weighted by Gasteiger charge is -2.06. The van der Waals surface area contributed by atoms with E-state index in [4.69, 9.17) is 0 Å². The lowest BCUT2D eigenvalue weighted by molar-refractivity contribution is 0.683. The molecule has 0 aliphatic carbocycles. The lowest BCUT2D eigenvalue weighted by Crippen LogP contribution is -2.17. The second kappa shape index (κ2) is 4.34. The lowest BCUT2D eigenvalue weighted by atomic mass is 10.0. The summed E-state index contributed by atoms with van der Waals surface area (Å²) >= 11 is 0. The summed E-state index contributed by atoms with van der Waals surface area (Å²) in [6.07, 6.45) is 2.11. The quantitative estimate of drug-likeness (QED) is 0.804. The number of fused-ring (bicyclic) bond motifs is 1. The van der Waals surface area contributed by atoms with Crippen molar-refractivity contribution in [1.29, 1.82) is 0 Å². The molecule has 17 heavy (non-hydrogen) atoms. The van der Waals surface area contributed by atoms with Crippen LogP contribution in [0, 0.1) is 0 Å². The normalized spacial score (nSPS) is 15.4. The van der Waals surface area contributed by atoms with Crippen molar-refractivity contribution in [2.45, 2.75) is 12.8 Å². The summed E-state index contributed by atoms with van der Waals surface area (Å²) in [4.78, 5) is 0. The number of hydrogen-bond acceptors (Lipinski definition) is 2. The molecule has 2 aromatic rings. The third kappa shape index (κ3) is 1.87. The SMILES string of the molecule is Cn1nc2c(c1-c1ccccc1)CCNCC2. The van der Waals surface area contributed by atoms with Crippen molar-refractivity contribution < 1.29 is 0 Å². The van der Waals surface area contributed by atoms with Crippen LogP contribution in [0.1, 0.15) is 11.3 Å². The number of rotatable bonds is 1. The molecule has 0 bridgehead atoms. The molecule has 3 rings (SSSR count). The zero-order chi connectivity index (χ0) is 11.7. The Labute approximate surface area is 101 Å². The van der Waals surface area contributed by atoms with Gasteiger partial charge >= 0.3 is 0 Å². The van der Waals surface area contributed by atoms with E-state index in [0.717, 1.165) is 25.9 Å². The van der Waals surface area contributed by atoms with E-state index in [-0.39, 0.29) is 0 Å². The highest BCUT2D eigenvalue weighted by molar-refractivity contribution is 5.64. The molecule has 3 heteroatoms. The molecule has 0 amide bonds. The maximum atomic E-state index is 4.66. The Balaban J connectivity index is 2.13. The molecule has 0 atom stereocenters. The Kier molecular flexibility index (Phi) is 2.69. The van der Waals surface area contributed by atoms with Gasteiger partial charge in [0.1, 0.15) is 0 Å². The number of nitrogens with zero attached hydrogens (tertiary/aromatic N) is 2. The molecule has 88 valence electrons. The van der Waals surface area contributed by atoms with E-state index < -0.39 is 0 Å². The van der Waals surface area contributed by atoms with E-state index in [1.807, 2.05) is 11.7 Å². The van der Waals surface area contributed by atoms with Crippen molar-refractivity contribution in [2.24, 2.45) is 7.05 Å². The van der Waals surface area contributed by atoms with Crippen LogP contribution in [0.2, 0.25) is 0 Å². The summed E-state index contributed by atoms with van der Waals surface area (Å²) in [6.45, 7) is 2.09. The van der Waals surface area contributed by atoms with Gasteiger partial charge < -0.3 is 5.32 Å². The maximum absolute atomic E-state index is 4.66. The molecule has 1 aromatic carbocycles. The number of aromatic nitrogens is 2. The molecule has 0 unspecified atom stereocenters.